The maximum Gasteiger partial charge on any atom is 0.255 e. The molecule has 1 atom stereocenters. The number of carbonyl (C=O) groups is 2. The van der Waals surface area contributed by atoms with Gasteiger partial charge in [0.05, 0.1) is 22.4 Å². The fraction of sp³-hybridized carbons (Fsp3) is 0.304. The quantitative estimate of drug-likeness (QED) is 0.509. The number of hydrogen-bond acceptors (Lipinski definition) is 5. The van der Waals surface area contributed by atoms with E-state index in [1.54, 1.807) is 12.1 Å². The van der Waals surface area contributed by atoms with E-state index in [1.165, 1.54) is 11.8 Å². The van der Waals surface area contributed by atoms with Crippen LogP contribution in [0.4, 0.5) is 5.69 Å². The van der Waals surface area contributed by atoms with Crippen molar-refractivity contribution in [2.45, 2.75) is 37.5 Å². The van der Waals surface area contributed by atoms with Crippen LogP contribution in [-0.4, -0.2) is 43.8 Å². The van der Waals surface area contributed by atoms with Gasteiger partial charge >= 0.3 is 0 Å². The van der Waals surface area contributed by atoms with Crippen molar-refractivity contribution in [3.05, 3.63) is 71.0 Å². The largest absolute Gasteiger partial charge is 0.328 e. The number of likely N-dealkylation sites (tertiary alicyclic amines) is 1. The Labute approximate surface area is 196 Å². The van der Waals surface area contributed by atoms with Gasteiger partial charge in [-0.15, -0.1) is 10.2 Å². The summed E-state index contributed by atoms with van der Waals surface area (Å²) in [5.41, 5.74) is 1.26. The van der Waals surface area contributed by atoms with Gasteiger partial charge in [-0.2, -0.15) is 0 Å². The summed E-state index contributed by atoms with van der Waals surface area (Å²) >= 11 is 7.60. The zero-order valence-corrected chi connectivity index (χ0v) is 19.3. The molecule has 32 heavy (non-hydrogen) atoms. The van der Waals surface area contributed by atoms with E-state index in [4.69, 9.17) is 11.6 Å². The first kappa shape index (κ1) is 22.4. The zero-order chi connectivity index (χ0) is 22.5. The van der Waals surface area contributed by atoms with Crippen molar-refractivity contribution in [2.24, 2.45) is 0 Å². The van der Waals surface area contributed by atoms with E-state index in [1.807, 2.05) is 58.9 Å². The topological polar surface area (TPSA) is 80.1 Å². The summed E-state index contributed by atoms with van der Waals surface area (Å²) in [5.74, 6) is 0.765. The molecule has 1 aliphatic heterocycles. The molecule has 0 saturated carbocycles. The number of halogens is 1. The molecule has 3 aromatic rings. The second kappa shape index (κ2) is 10.2. The van der Waals surface area contributed by atoms with Crippen LogP contribution >= 0.6 is 23.4 Å². The fourth-order valence-corrected chi connectivity index (χ4v) is 4.89. The Morgan fingerprint density at radius 2 is 1.88 bits per heavy atom. The van der Waals surface area contributed by atoms with Gasteiger partial charge in [-0.1, -0.05) is 53.7 Å². The molecule has 7 nitrogen and oxygen atoms in total. The average Bonchev–Trinajstić information content (AvgIpc) is 3.44. The van der Waals surface area contributed by atoms with E-state index in [2.05, 4.69) is 15.5 Å². The number of carbonyl (C=O) groups excluding carboxylic acids is 2. The molecule has 1 aliphatic rings. The molecule has 2 aromatic carbocycles. The summed E-state index contributed by atoms with van der Waals surface area (Å²) < 4.78 is 1.99. The Morgan fingerprint density at radius 3 is 2.62 bits per heavy atom. The molecule has 4 rings (SSSR count). The van der Waals surface area contributed by atoms with Crippen LogP contribution < -0.4 is 5.32 Å². The van der Waals surface area contributed by atoms with Gasteiger partial charge in [-0.3, -0.25) is 9.59 Å². The minimum absolute atomic E-state index is 0.0970. The number of anilines is 1. The molecule has 1 fully saturated rings. The predicted octanol–water partition coefficient (Wildman–Crippen LogP) is 4.66. The van der Waals surface area contributed by atoms with Gasteiger partial charge in [-0.25, -0.2) is 0 Å². The lowest BCUT2D eigenvalue weighted by Crippen LogP contribution is -2.32. The molecule has 0 spiro atoms. The van der Waals surface area contributed by atoms with Gasteiger partial charge in [0.2, 0.25) is 5.91 Å². The maximum absolute atomic E-state index is 13.2. The molecule has 1 unspecified atom stereocenters. The van der Waals surface area contributed by atoms with Crippen LogP contribution in [-0.2, 0) is 11.3 Å². The van der Waals surface area contributed by atoms with Crippen molar-refractivity contribution in [1.82, 2.24) is 19.7 Å². The number of thioether (sulfide) groups is 1. The number of nitrogens with one attached hydrogen (secondary N) is 1. The van der Waals surface area contributed by atoms with Crippen molar-refractivity contribution in [3.8, 4) is 0 Å². The molecule has 9 heteroatoms. The van der Waals surface area contributed by atoms with Crippen molar-refractivity contribution < 1.29 is 9.59 Å². The fourth-order valence-electron chi connectivity index (χ4n) is 3.87. The second-order valence-electron chi connectivity index (χ2n) is 7.42. The number of rotatable bonds is 7. The standard InChI is InChI=1S/C23H24ClN5O2S/c1-2-28-21(19-13-8-14-29(19)22(31)17-11-6-7-12-18(17)24)26-27-23(28)32-15-20(30)25-16-9-4-3-5-10-16/h3-7,9-12,19H,2,8,13-15H2,1H3,(H,25,30). The van der Waals surface area contributed by atoms with E-state index in [0.29, 0.717) is 28.8 Å². The van der Waals surface area contributed by atoms with Crippen molar-refractivity contribution >= 4 is 40.9 Å². The SMILES string of the molecule is CCn1c(SCC(=O)Nc2ccccc2)nnc1C1CCCN1C(=O)c1ccccc1Cl. The molecule has 0 aliphatic carbocycles. The number of nitrogens with zero attached hydrogens (tertiary/aromatic N) is 4. The first-order chi connectivity index (χ1) is 15.6. The number of hydrogen-bond donors (Lipinski definition) is 1. The summed E-state index contributed by atoms with van der Waals surface area (Å²) in [6.07, 6.45) is 1.70. The lowest BCUT2D eigenvalue weighted by molar-refractivity contribution is -0.113. The van der Waals surface area contributed by atoms with E-state index in [9.17, 15) is 9.59 Å². The van der Waals surface area contributed by atoms with Crippen LogP contribution in [0.15, 0.2) is 59.8 Å². The molecule has 2 heterocycles. The number of para-hydroxylation sites is 1. The Kier molecular flexibility index (Phi) is 7.12. The van der Waals surface area contributed by atoms with E-state index >= 15 is 0 Å². The Hall–Kier alpha value is -2.84. The van der Waals surface area contributed by atoms with Crippen LogP contribution in [0.25, 0.3) is 0 Å². The van der Waals surface area contributed by atoms with Crippen molar-refractivity contribution in [2.75, 3.05) is 17.6 Å². The highest BCUT2D eigenvalue weighted by Gasteiger charge is 2.35. The van der Waals surface area contributed by atoms with Crippen LogP contribution in [0, 0.1) is 0 Å². The molecule has 0 radical (unpaired) electrons. The average molecular weight is 470 g/mol. The highest BCUT2D eigenvalue weighted by atomic mass is 35.5. The number of aromatic nitrogens is 3. The summed E-state index contributed by atoms with van der Waals surface area (Å²) in [6, 6.07) is 16.3. The summed E-state index contributed by atoms with van der Waals surface area (Å²) in [4.78, 5) is 27.3. The molecule has 166 valence electrons. The predicted molar refractivity (Wildman–Crippen MR) is 126 cm³/mol. The Bertz CT molecular complexity index is 1100. The van der Waals surface area contributed by atoms with Crippen LogP contribution in [0.2, 0.25) is 5.02 Å². The molecule has 0 bridgehead atoms. The van der Waals surface area contributed by atoms with Gasteiger partial charge in [0, 0.05) is 18.8 Å². The minimum Gasteiger partial charge on any atom is -0.328 e. The molecule has 2 amide bonds. The van der Waals surface area contributed by atoms with Gasteiger partial charge in [-0.05, 0) is 44.0 Å². The highest BCUT2D eigenvalue weighted by molar-refractivity contribution is 7.99. The third-order valence-electron chi connectivity index (χ3n) is 5.37. The van der Waals surface area contributed by atoms with E-state index < -0.39 is 0 Å². The third kappa shape index (κ3) is 4.81. The third-order valence-corrected chi connectivity index (χ3v) is 6.66. The smallest absolute Gasteiger partial charge is 0.255 e. The first-order valence-electron chi connectivity index (χ1n) is 10.5. The zero-order valence-electron chi connectivity index (χ0n) is 17.7. The molecular formula is C23H24ClN5O2S. The monoisotopic (exact) mass is 469 g/mol. The lowest BCUT2D eigenvalue weighted by Gasteiger charge is -2.25. The highest BCUT2D eigenvalue weighted by Crippen LogP contribution is 2.34. The van der Waals surface area contributed by atoms with Crippen LogP contribution in [0.3, 0.4) is 0 Å². The van der Waals surface area contributed by atoms with Crippen LogP contribution in [0.5, 0.6) is 0 Å². The molecular weight excluding hydrogens is 446 g/mol. The maximum atomic E-state index is 13.2. The first-order valence-corrected chi connectivity index (χ1v) is 11.9. The van der Waals surface area contributed by atoms with E-state index in [0.717, 1.165) is 24.4 Å². The summed E-state index contributed by atoms with van der Waals surface area (Å²) in [7, 11) is 0. The van der Waals surface area contributed by atoms with Crippen molar-refractivity contribution in [1.29, 1.82) is 0 Å². The van der Waals surface area contributed by atoms with Gasteiger partial charge in [0.1, 0.15) is 0 Å². The van der Waals surface area contributed by atoms with Gasteiger partial charge < -0.3 is 14.8 Å². The molecule has 1 saturated heterocycles. The summed E-state index contributed by atoms with van der Waals surface area (Å²) in [6.45, 7) is 3.30. The second-order valence-corrected chi connectivity index (χ2v) is 8.77. The minimum atomic E-state index is -0.168. The van der Waals surface area contributed by atoms with Crippen molar-refractivity contribution in [3.63, 3.8) is 0 Å². The molecule has 1 aromatic heterocycles. The van der Waals surface area contributed by atoms with E-state index in [-0.39, 0.29) is 23.6 Å². The van der Waals surface area contributed by atoms with Crippen LogP contribution in [0.1, 0.15) is 42.0 Å². The van der Waals surface area contributed by atoms with Gasteiger partial charge in [0.25, 0.3) is 5.91 Å². The summed E-state index contributed by atoms with van der Waals surface area (Å²) in [5, 5.41) is 12.7. The Balaban J connectivity index is 1.47. The normalized spacial score (nSPS) is 15.7. The molecule has 1 N–H and O–H groups in total. The lowest BCUT2D eigenvalue weighted by atomic mass is 10.1. The number of amides is 2. The Morgan fingerprint density at radius 1 is 1.12 bits per heavy atom. The van der Waals surface area contributed by atoms with Gasteiger partial charge in [0.15, 0.2) is 11.0 Å². The number of benzene rings is 2.